The molecule has 0 aromatic carbocycles. The zero-order valence-electron chi connectivity index (χ0n) is 11.3. The topological polar surface area (TPSA) is 47.8 Å². The number of rotatable bonds is 5. The summed E-state index contributed by atoms with van der Waals surface area (Å²) in [7, 11) is 0. The van der Waals surface area contributed by atoms with Crippen LogP contribution in [-0.2, 0) is 17.8 Å². The number of nitrogens with zero attached hydrogens (tertiary/aromatic N) is 3. The standard InChI is InChI=1S/C13H19F2N3O/c1-9(2)7-18-12(16-8-17-18)5-11(19)10-3-4-13(14,15)6-10/h8-10H,3-7H2,1-2H3. The van der Waals surface area contributed by atoms with E-state index in [0.29, 0.717) is 18.3 Å². The summed E-state index contributed by atoms with van der Waals surface area (Å²) in [6.45, 7) is 4.78. The Morgan fingerprint density at radius 2 is 2.32 bits per heavy atom. The highest BCUT2D eigenvalue weighted by Crippen LogP contribution is 2.39. The van der Waals surface area contributed by atoms with Crippen molar-refractivity contribution >= 4 is 5.78 Å². The molecule has 1 aromatic heterocycles. The number of ketones is 1. The summed E-state index contributed by atoms with van der Waals surface area (Å²) in [5, 5.41) is 4.07. The fourth-order valence-electron chi connectivity index (χ4n) is 2.45. The van der Waals surface area contributed by atoms with Gasteiger partial charge in [-0.25, -0.2) is 18.4 Å². The number of alkyl halides is 2. The Morgan fingerprint density at radius 3 is 2.89 bits per heavy atom. The Morgan fingerprint density at radius 1 is 1.58 bits per heavy atom. The van der Waals surface area contributed by atoms with Crippen LogP contribution < -0.4 is 0 Å². The molecule has 1 aliphatic rings. The van der Waals surface area contributed by atoms with E-state index in [0.717, 1.165) is 0 Å². The van der Waals surface area contributed by atoms with Crippen molar-refractivity contribution in [2.24, 2.45) is 11.8 Å². The van der Waals surface area contributed by atoms with Gasteiger partial charge in [0.05, 0.1) is 6.42 Å². The fourth-order valence-corrected chi connectivity index (χ4v) is 2.45. The summed E-state index contributed by atoms with van der Waals surface area (Å²) < 4.78 is 27.9. The highest BCUT2D eigenvalue weighted by atomic mass is 19.3. The fraction of sp³-hybridized carbons (Fsp3) is 0.769. The first-order valence-corrected chi connectivity index (χ1v) is 6.64. The van der Waals surface area contributed by atoms with Gasteiger partial charge in [0, 0.05) is 25.3 Å². The average Bonchev–Trinajstić information content (AvgIpc) is 2.85. The lowest BCUT2D eigenvalue weighted by atomic mass is 9.99. The van der Waals surface area contributed by atoms with Crippen LogP contribution in [0.5, 0.6) is 0 Å². The van der Waals surface area contributed by atoms with Crippen molar-refractivity contribution in [1.29, 1.82) is 0 Å². The smallest absolute Gasteiger partial charge is 0.248 e. The molecule has 0 spiro atoms. The minimum Gasteiger partial charge on any atom is -0.299 e. The van der Waals surface area contributed by atoms with E-state index in [9.17, 15) is 13.6 Å². The van der Waals surface area contributed by atoms with Crippen molar-refractivity contribution in [3.8, 4) is 0 Å². The van der Waals surface area contributed by atoms with Gasteiger partial charge in [-0.05, 0) is 12.3 Å². The first-order chi connectivity index (χ1) is 8.87. The molecule has 1 atom stereocenters. The second-order valence-electron chi connectivity index (χ2n) is 5.69. The number of hydrogen-bond acceptors (Lipinski definition) is 3. The van der Waals surface area contributed by atoms with Gasteiger partial charge in [0.1, 0.15) is 17.9 Å². The van der Waals surface area contributed by atoms with Crippen LogP contribution in [0.3, 0.4) is 0 Å². The monoisotopic (exact) mass is 271 g/mol. The summed E-state index contributed by atoms with van der Waals surface area (Å²) in [4.78, 5) is 16.1. The van der Waals surface area contributed by atoms with Gasteiger partial charge >= 0.3 is 0 Å². The maximum atomic E-state index is 13.1. The maximum absolute atomic E-state index is 13.1. The number of Topliss-reactive ketones (excluding diaryl/α,β-unsaturated/α-hetero) is 1. The Hall–Kier alpha value is -1.33. The molecule has 0 radical (unpaired) electrons. The van der Waals surface area contributed by atoms with Crippen molar-refractivity contribution in [1.82, 2.24) is 14.8 Å². The van der Waals surface area contributed by atoms with E-state index >= 15 is 0 Å². The van der Waals surface area contributed by atoms with Crippen LogP contribution in [0.2, 0.25) is 0 Å². The Labute approximate surface area is 111 Å². The van der Waals surface area contributed by atoms with Crippen LogP contribution >= 0.6 is 0 Å². The molecule has 0 bridgehead atoms. The summed E-state index contributed by atoms with van der Waals surface area (Å²) in [6, 6.07) is 0. The molecular formula is C13H19F2N3O. The molecule has 1 saturated carbocycles. The lowest BCUT2D eigenvalue weighted by molar-refractivity contribution is -0.123. The molecule has 2 rings (SSSR count). The number of carbonyl (C=O) groups excluding carboxylic acids is 1. The second kappa shape index (κ2) is 5.35. The molecule has 106 valence electrons. The molecule has 0 saturated heterocycles. The normalized spacial score (nSPS) is 22.1. The number of aromatic nitrogens is 3. The molecule has 1 aliphatic carbocycles. The maximum Gasteiger partial charge on any atom is 0.248 e. The lowest BCUT2D eigenvalue weighted by Crippen LogP contribution is -2.20. The van der Waals surface area contributed by atoms with Gasteiger partial charge in [-0.2, -0.15) is 5.10 Å². The molecule has 6 heteroatoms. The van der Waals surface area contributed by atoms with Gasteiger partial charge in [0.2, 0.25) is 5.92 Å². The molecule has 0 amide bonds. The van der Waals surface area contributed by atoms with Gasteiger partial charge in [-0.3, -0.25) is 4.79 Å². The van der Waals surface area contributed by atoms with Gasteiger partial charge < -0.3 is 0 Å². The van der Waals surface area contributed by atoms with E-state index in [1.165, 1.54) is 6.33 Å². The first-order valence-electron chi connectivity index (χ1n) is 6.64. The summed E-state index contributed by atoms with van der Waals surface area (Å²) in [5.74, 6) is -2.37. The van der Waals surface area contributed by atoms with Crippen LogP contribution in [0.25, 0.3) is 0 Å². The van der Waals surface area contributed by atoms with Crippen molar-refractivity contribution in [2.45, 2.75) is 52.0 Å². The van der Waals surface area contributed by atoms with Crippen LogP contribution in [0.1, 0.15) is 38.9 Å². The SMILES string of the molecule is CC(C)Cn1ncnc1CC(=O)C1CCC(F)(F)C1. The third-order valence-electron chi connectivity index (χ3n) is 3.43. The molecule has 1 unspecified atom stereocenters. The molecule has 1 aromatic rings. The number of halogens is 2. The summed E-state index contributed by atoms with van der Waals surface area (Å²) >= 11 is 0. The van der Waals surface area contributed by atoms with Gasteiger partial charge in [0.15, 0.2) is 0 Å². The Bertz CT molecular complexity index is 456. The minimum absolute atomic E-state index is 0.105. The Kier molecular flexibility index (Phi) is 3.96. The molecule has 19 heavy (non-hydrogen) atoms. The zero-order chi connectivity index (χ0) is 14.0. The van der Waals surface area contributed by atoms with Crippen LogP contribution in [0.4, 0.5) is 8.78 Å². The average molecular weight is 271 g/mol. The van der Waals surface area contributed by atoms with E-state index in [-0.39, 0.29) is 31.5 Å². The van der Waals surface area contributed by atoms with Crippen molar-refractivity contribution in [3.05, 3.63) is 12.2 Å². The van der Waals surface area contributed by atoms with Crippen LogP contribution in [0, 0.1) is 11.8 Å². The molecule has 1 fully saturated rings. The third-order valence-corrected chi connectivity index (χ3v) is 3.43. The van der Waals surface area contributed by atoms with E-state index in [4.69, 9.17) is 0 Å². The van der Waals surface area contributed by atoms with E-state index in [2.05, 4.69) is 10.1 Å². The number of carbonyl (C=O) groups is 1. The van der Waals surface area contributed by atoms with Gasteiger partial charge in [0.25, 0.3) is 0 Å². The van der Waals surface area contributed by atoms with Crippen molar-refractivity contribution < 1.29 is 13.6 Å². The quantitative estimate of drug-likeness (QED) is 0.826. The third kappa shape index (κ3) is 3.58. The molecule has 1 heterocycles. The number of hydrogen-bond donors (Lipinski definition) is 0. The molecule has 4 nitrogen and oxygen atoms in total. The Balaban J connectivity index is 1.98. The van der Waals surface area contributed by atoms with Crippen LogP contribution in [0.15, 0.2) is 6.33 Å². The van der Waals surface area contributed by atoms with E-state index in [1.807, 2.05) is 13.8 Å². The second-order valence-corrected chi connectivity index (χ2v) is 5.69. The summed E-state index contributed by atoms with van der Waals surface area (Å²) in [6.07, 6.45) is 1.30. The van der Waals surface area contributed by atoms with Gasteiger partial charge in [-0.1, -0.05) is 13.8 Å². The highest BCUT2D eigenvalue weighted by molar-refractivity contribution is 5.83. The van der Waals surface area contributed by atoms with Crippen molar-refractivity contribution in [3.63, 3.8) is 0 Å². The highest BCUT2D eigenvalue weighted by Gasteiger charge is 2.42. The van der Waals surface area contributed by atoms with E-state index < -0.39 is 11.8 Å². The molecular weight excluding hydrogens is 252 g/mol. The van der Waals surface area contributed by atoms with E-state index in [1.54, 1.807) is 4.68 Å². The van der Waals surface area contributed by atoms with Crippen LogP contribution in [-0.4, -0.2) is 26.5 Å². The van der Waals surface area contributed by atoms with Crippen molar-refractivity contribution in [2.75, 3.05) is 0 Å². The predicted octanol–water partition coefficient (Wildman–Crippen LogP) is 2.48. The predicted molar refractivity (Wildman–Crippen MR) is 65.9 cm³/mol. The minimum atomic E-state index is -2.67. The van der Waals surface area contributed by atoms with Gasteiger partial charge in [-0.15, -0.1) is 0 Å². The summed E-state index contributed by atoms with van der Waals surface area (Å²) in [5.41, 5.74) is 0. The largest absolute Gasteiger partial charge is 0.299 e. The zero-order valence-corrected chi connectivity index (χ0v) is 11.3. The molecule has 0 aliphatic heterocycles. The lowest BCUT2D eigenvalue weighted by Gasteiger charge is -2.11. The first kappa shape index (κ1) is 14.1. The molecule has 0 N–H and O–H groups in total.